The predicted octanol–water partition coefficient (Wildman–Crippen LogP) is 3.58. The summed E-state index contributed by atoms with van der Waals surface area (Å²) in [5, 5.41) is 6.26. The van der Waals surface area contributed by atoms with Gasteiger partial charge in [-0.3, -0.25) is 9.69 Å². The SMILES string of the molecule is CC(C)c1ccccc1NC(=O)CN1CCN(c2ncnc3sccc23)CC1. The maximum absolute atomic E-state index is 12.6. The lowest BCUT2D eigenvalue weighted by atomic mass is 10.0. The van der Waals surface area contributed by atoms with E-state index in [2.05, 4.69) is 56.4 Å². The highest BCUT2D eigenvalue weighted by molar-refractivity contribution is 7.16. The Morgan fingerprint density at radius 1 is 1.14 bits per heavy atom. The van der Waals surface area contributed by atoms with E-state index in [1.54, 1.807) is 17.7 Å². The molecule has 1 aliphatic heterocycles. The molecular weight excluding hydrogens is 370 g/mol. The predicted molar refractivity (Wildman–Crippen MR) is 115 cm³/mol. The van der Waals surface area contributed by atoms with Crippen molar-refractivity contribution < 1.29 is 4.79 Å². The van der Waals surface area contributed by atoms with Crippen molar-refractivity contribution in [3.8, 4) is 0 Å². The highest BCUT2D eigenvalue weighted by Crippen LogP contribution is 2.27. The van der Waals surface area contributed by atoms with Gasteiger partial charge in [-0.25, -0.2) is 9.97 Å². The summed E-state index contributed by atoms with van der Waals surface area (Å²) in [6, 6.07) is 10.1. The third kappa shape index (κ3) is 4.00. The van der Waals surface area contributed by atoms with Gasteiger partial charge >= 0.3 is 0 Å². The van der Waals surface area contributed by atoms with Gasteiger partial charge in [-0.1, -0.05) is 32.0 Å². The molecule has 3 heterocycles. The molecule has 1 aromatic carbocycles. The van der Waals surface area contributed by atoms with E-state index in [-0.39, 0.29) is 5.91 Å². The van der Waals surface area contributed by atoms with Crippen LogP contribution in [0.1, 0.15) is 25.3 Å². The van der Waals surface area contributed by atoms with Gasteiger partial charge in [-0.15, -0.1) is 11.3 Å². The second-order valence-electron chi connectivity index (χ2n) is 7.39. The maximum Gasteiger partial charge on any atom is 0.238 e. The van der Waals surface area contributed by atoms with Gasteiger partial charge in [-0.05, 0) is 29.0 Å². The first-order chi connectivity index (χ1) is 13.6. The van der Waals surface area contributed by atoms with E-state index in [0.29, 0.717) is 12.5 Å². The first kappa shape index (κ1) is 18.8. The zero-order valence-corrected chi connectivity index (χ0v) is 17.1. The van der Waals surface area contributed by atoms with Crippen LogP contribution in [0.2, 0.25) is 0 Å². The molecule has 1 aliphatic rings. The van der Waals surface area contributed by atoms with Crippen LogP contribution in [0.5, 0.6) is 0 Å². The van der Waals surface area contributed by atoms with Gasteiger partial charge in [0.1, 0.15) is 17.0 Å². The zero-order valence-electron chi connectivity index (χ0n) is 16.3. The molecule has 0 spiro atoms. The first-order valence-corrected chi connectivity index (χ1v) is 10.5. The summed E-state index contributed by atoms with van der Waals surface area (Å²) in [5.74, 6) is 1.42. The van der Waals surface area contributed by atoms with E-state index in [0.717, 1.165) is 47.9 Å². The summed E-state index contributed by atoms with van der Waals surface area (Å²) in [7, 11) is 0. The van der Waals surface area contributed by atoms with Crippen molar-refractivity contribution >= 4 is 39.0 Å². The molecule has 3 aromatic rings. The van der Waals surface area contributed by atoms with Gasteiger partial charge in [0, 0.05) is 31.9 Å². The molecule has 7 heteroatoms. The molecule has 4 rings (SSSR count). The number of fused-ring (bicyclic) bond motifs is 1. The second kappa shape index (κ2) is 8.24. The number of hydrogen-bond donors (Lipinski definition) is 1. The van der Waals surface area contributed by atoms with Gasteiger partial charge in [0.15, 0.2) is 0 Å². The molecule has 0 unspecified atom stereocenters. The number of piperazine rings is 1. The fourth-order valence-electron chi connectivity index (χ4n) is 3.65. The molecular formula is C21H25N5OS. The Morgan fingerprint density at radius 3 is 2.71 bits per heavy atom. The first-order valence-electron chi connectivity index (χ1n) is 9.66. The number of benzene rings is 1. The minimum Gasteiger partial charge on any atom is -0.353 e. The molecule has 1 fully saturated rings. The Bertz CT molecular complexity index is 962. The van der Waals surface area contributed by atoms with Crippen molar-refractivity contribution in [2.45, 2.75) is 19.8 Å². The minimum absolute atomic E-state index is 0.0452. The summed E-state index contributed by atoms with van der Waals surface area (Å²) in [5.41, 5.74) is 2.09. The summed E-state index contributed by atoms with van der Waals surface area (Å²) >= 11 is 1.64. The average Bonchev–Trinajstić information content (AvgIpc) is 3.18. The third-order valence-electron chi connectivity index (χ3n) is 5.14. The number of nitrogens with one attached hydrogen (secondary N) is 1. The molecule has 0 atom stereocenters. The van der Waals surface area contributed by atoms with Crippen LogP contribution in [-0.2, 0) is 4.79 Å². The van der Waals surface area contributed by atoms with E-state index in [1.807, 2.05) is 18.2 Å². The molecule has 6 nitrogen and oxygen atoms in total. The van der Waals surface area contributed by atoms with Crippen LogP contribution in [0.15, 0.2) is 42.0 Å². The molecule has 28 heavy (non-hydrogen) atoms. The Labute approximate surface area is 169 Å². The van der Waals surface area contributed by atoms with Gasteiger partial charge in [-0.2, -0.15) is 0 Å². The molecule has 0 saturated carbocycles. The summed E-state index contributed by atoms with van der Waals surface area (Å²) in [6.07, 6.45) is 1.64. The molecule has 2 aromatic heterocycles. The van der Waals surface area contributed by atoms with E-state index in [4.69, 9.17) is 0 Å². The smallest absolute Gasteiger partial charge is 0.238 e. The van der Waals surface area contributed by atoms with Crippen LogP contribution in [0.4, 0.5) is 11.5 Å². The van der Waals surface area contributed by atoms with Crippen molar-refractivity contribution in [1.29, 1.82) is 0 Å². The molecule has 1 amide bonds. The number of para-hydroxylation sites is 1. The highest BCUT2D eigenvalue weighted by atomic mass is 32.1. The lowest BCUT2D eigenvalue weighted by molar-refractivity contribution is -0.117. The number of aromatic nitrogens is 2. The molecule has 0 bridgehead atoms. The Kier molecular flexibility index (Phi) is 5.54. The maximum atomic E-state index is 12.6. The topological polar surface area (TPSA) is 61.4 Å². The number of amides is 1. The fraction of sp³-hybridized carbons (Fsp3) is 0.381. The number of hydrogen-bond acceptors (Lipinski definition) is 6. The molecule has 1 N–H and O–H groups in total. The standard InChI is InChI=1S/C21H25N5OS/c1-15(2)16-5-3-4-6-18(16)24-19(27)13-25-8-10-26(11-9-25)20-17-7-12-28-21(17)23-14-22-20/h3-7,12,14-15H,8-11,13H2,1-2H3,(H,24,27). The molecule has 1 saturated heterocycles. The molecule has 0 aliphatic carbocycles. The van der Waals surface area contributed by atoms with E-state index in [1.165, 1.54) is 5.56 Å². The van der Waals surface area contributed by atoms with Crippen LogP contribution < -0.4 is 10.2 Å². The van der Waals surface area contributed by atoms with E-state index >= 15 is 0 Å². The van der Waals surface area contributed by atoms with Gasteiger partial charge in [0.25, 0.3) is 0 Å². The van der Waals surface area contributed by atoms with Crippen LogP contribution in [0.25, 0.3) is 10.2 Å². The lowest BCUT2D eigenvalue weighted by Gasteiger charge is -2.35. The Balaban J connectivity index is 1.35. The second-order valence-corrected chi connectivity index (χ2v) is 8.28. The van der Waals surface area contributed by atoms with Gasteiger partial charge < -0.3 is 10.2 Å². The number of thiophene rings is 1. The molecule has 0 radical (unpaired) electrons. The van der Waals surface area contributed by atoms with Crippen LogP contribution in [-0.4, -0.2) is 53.5 Å². The summed E-state index contributed by atoms with van der Waals surface area (Å²) < 4.78 is 0. The number of carbonyl (C=O) groups excluding carboxylic acids is 1. The lowest BCUT2D eigenvalue weighted by Crippen LogP contribution is -2.49. The number of nitrogens with zero attached hydrogens (tertiary/aromatic N) is 4. The minimum atomic E-state index is 0.0452. The van der Waals surface area contributed by atoms with Gasteiger partial charge in [0.05, 0.1) is 11.9 Å². The van der Waals surface area contributed by atoms with Crippen molar-refractivity contribution in [3.05, 3.63) is 47.6 Å². The van der Waals surface area contributed by atoms with E-state index in [9.17, 15) is 4.79 Å². The summed E-state index contributed by atoms with van der Waals surface area (Å²) in [4.78, 5) is 26.9. The number of anilines is 2. The van der Waals surface area contributed by atoms with Crippen LogP contribution in [0, 0.1) is 0 Å². The largest absolute Gasteiger partial charge is 0.353 e. The normalized spacial score (nSPS) is 15.3. The van der Waals surface area contributed by atoms with Crippen LogP contribution >= 0.6 is 11.3 Å². The van der Waals surface area contributed by atoms with Gasteiger partial charge in [0.2, 0.25) is 5.91 Å². The number of rotatable bonds is 5. The van der Waals surface area contributed by atoms with Crippen molar-refractivity contribution in [2.24, 2.45) is 0 Å². The van der Waals surface area contributed by atoms with E-state index < -0.39 is 0 Å². The van der Waals surface area contributed by atoms with Crippen molar-refractivity contribution in [1.82, 2.24) is 14.9 Å². The zero-order chi connectivity index (χ0) is 19.5. The molecule has 146 valence electrons. The van der Waals surface area contributed by atoms with Crippen LogP contribution in [0.3, 0.4) is 0 Å². The monoisotopic (exact) mass is 395 g/mol. The quantitative estimate of drug-likeness (QED) is 0.716. The Hall–Kier alpha value is -2.51. The third-order valence-corrected chi connectivity index (χ3v) is 5.96. The highest BCUT2D eigenvalue weighted by Gasteiger charge is 2.22. The van der Waals surface area contributed by atoms with Crippen molar-refractivity contribution in [3.63, 3.8) is 0 Å². The fourth-order valence-corrected chi connectivity index (χ4v) is 4.38. The summed E-state index contributed by atoms with van der Waals surface area (Å²) in [6.45, 7) is 8.10. The van der Waals surface area contributed by atoms with Crippen molar-refractivity contribution in [2.75, 3.05) is 42.9 Å². The number of carbonyl (C=O) groups is 1. The Morgan fingerprint density at radius 2 is 1.93 bits per heavy atom. The average molecular weight is 396 g/mol.